The first-order valence-corrected chi connectivity index (χ1v) is 7.17. The summed E-state index contributed by atoms with van der Waals surface area (Å²) in [4.78, 5) is 12.7. The molecule has 0 aliphatic heterocycles. The van der Waals surface area contributed by atoms with Crippen molar-refractivity contribution < 1.29 is 9.21 Å². The number of rotatable bonds is 3. The fourth-order valence-corrected chi connectivity index (χ4v) is 2.81. The summed E-state index contributed by atoms with van der Waals surface area (Å²) in [6, 6.07) is 7.07. The summed E-state index contributed by atoms with van der Waals surface area (Å²) >= 11 is 6.12. The number of benzene rings is 1. The first-order valence-electron chi connectivity index (χ1n) is 6.79. The van der Waals surface area contributed by atoms with E-state index in [0.29, 0.717) is 27.6 Å². The summed E-state index contributed by atoms with van der Waals surface area (Å²) in [6.07, 6.45) is 0. The number of fused-ring (bicyclic) bond motifs is 1. The van der Waals surface area contributed by atoms with Crippen molar-refractivity contribution in [2.75, 3.05) is 0 Å². The molecule has 2 aromatic heterocycles. The summed E-state index contributed by atoms with van der Waals surface area (Å²) in [5.41, 5.74) is 2.79. The Hall–Kier alpha value is -2.07. The van der Waals surface area contributed by atoms with Gasteiger partial charge in [-0.25, -0.2) is 0 Å². The highest BCUT2D eigenvalue weighted by molar-refractivity contribution is 6.35. The van der Waals surface area contributed by atoms with Crippen molar-refractivity contribution in [1.29, 1.82) is 0 Å². The Morgan fingerprint density at radius 3 is 2.76 bits per heavy atom. The highest BCUT2D eigenvalue weighted by Gasteiger charge is 2.23. The summed E-state index contributed by atoms with van der Waals surface area (Å²) in [7, 11) is 0. The summed E-state index contributed by atoms with van der Waals surface area (Å²) in [5, 5.41) is 5.70. The zero-order valence-electron chi connectivity index (χ0n) is 12.1. The lowest BCUT2D eigenvalue weighted by atomic mass is 10.1. The lowest BCUT2D eigenvalue weighted by Gasteiger charge is -2.00. The van der Waals surface area contributed by atoms with E-state index in [-0.39, 0.29) is 5.78 Å². The molecule has 5 heteroatoms. The number of carbonyl (C=O) groups is 1. The van der Waals surface area contributed by atoms with Gasteiger partial charge in [0.1, 0.15) is 5.58 Å². The third-order valence-electron chi connectivity index (χ3n) is 3.64. The van der Waals surface area contributed by atoms with Crippen LogP contribution in [0, 0.1) is 13.8 Å². The van der Waals surface area contributed by atoms with Crippen LogP contribution in [-0.2, 0) is 6.54 Å². The van der Waals surface area contributed by atoms with Crippen molar-refractivity contribution >= 4 is 28.4 Å². The highest BCUT2D eigenvalue weighted by Crippen LogP contribution is 2.28. The zero-order chi connectivity index (χ0) is 15.1. The fourth-order valence-electron chi connectivity index (χ4n) is 2.59. The molecule has 0 atom stereocenters. The van der Waals surface area contributed by atoms with Gasteiger partial charge in [-0.15, -0.1) is 0 Å². The number of halogens is 1. The third-order valence-corrected chi connectivity index (χ3v) is 3.97. The Labute approximate surface area is 127 Å². The number of ketones is 1. The number of nitrogens with zero attached hydrogens (tertiary/aromatic N) is 2. The zero-order valence-corrected chi connectivity index (χ0v) is 12.9. The van der Waals surface area contributed by atoms with Crippen LogP contribution < -0.4 is 0 Å². The van der Waals surface area contributed by atoms with E-state index in [9.17, 15) is 4.79 Å². The van der Waals surface area contributed by atoms with Crippen LogP contribution in [0.5, 0.6) is 0 Å². The van der Waals surface area contributed by atoms with Gasteiger partial charge in [-0.2, -0.15) is 5.10 Å². The summed E-state index contributed by atoms with van der Waals surface area (Å²) < 4.78 is 7.46. The van der Waals surface area contributed by atoms with Gasteiger partial charge in [-0.05, 0) is 39.0 Å². The number of carbonyl (C=O) groups excluding carboxylic acids is 1. The second-order valence-corrected chi connectivity index (χ2v) is 5.36. The quantitative estimate of drug-likeness (QED) is 0.683. The summed E-state index contributed by atoms with van der Waals surface area (Å²) in [6.45, 7) is 6.45. The van der Waals surface area contributed by atoms with Crippen LogP contribution in [0.25, 0.3) is 11.0 Å². The van der Waals surface area contributed by atoms with Gasteiger partial charge in [0, 0.05) is 17.6 Å². The molecular formula is C16H15ClN2O2. The maximum absolute atomic E-state index is 12.7. The first kappa shape index (κ1) is 13.9. The summed E-state index contributed by atoms with van der Waals surface area (Å²) in [5.74, 6) is 0.136. The molecule has 0 radical (unpaired) electrons. The van der Waals surface area contributed by atoms with E-state index in [1.54, 1.807) is 24.3 Å². The fraction of sp³-hybridized carbons (Fsp3) is 0.250. The standard InChI is InChI=1S/C16H15ClN2O2/c1-4-19-10(3)15(9(2)18-19)16(20)14-8-11-12(17)6-5-7-13(11)21-14/h5-8H,4H2,1-3H3. The number of aryl methyl sites for hydroxylation is 2. The predicted octanol–water partition coefficient (Wildman–Crippen LogP) is 4.15. The maximum Gasteiger partial charge on any atom is 0.231 e. The second-order valence-electron chi connectivity index (χ2n) is 4.95. The van der Waals surface area contributed by atoms with Crippen molar-refractivity contribution in [3.8, 4) is 0 Å². The van der Waals surface area contributed by atoms with Crippen molar-refractivity contribution in [3.05, 3.63) is 52.0 Å². The van der Waals surface area contributed by atoms with Crippen LogP contribution in [0.3, 0.4) is 0 Å². The molecule has 0 saturated carbocycles. The van der Waals surface area contributed by atoms with E-state index in [2.05, 4.69) is 5.10 Å². The van der Waals surface area contributed by atoms with Crippen molar-refractivity contribution in [2.24, 2.45) is 0 Å². The first-order chi connectivity index (χ1) is 10.0. The van der Waals surface area contributed by atoms with E-state index in [1.807, 2.05) is 25.5 Å². The topological polar surface area (TPSA) is 48.0 Å². The third kappa shape index (κ3) is 2.16. The van der Waals surface area contributed by atoms with Gasteiger partial charge in [0.15, 0.2) is 5.76 Å². The highest BCUT2D eigenvalue weighted by atomic mass is 35.5. The van der Waals surface area contributed by atoms with Crippen LogP contribution >= 0.6 is 11.6 Å². The van der Waals surface area contributed by atoms with Gasteiger partial charge >= 0.3 is 0 Å². The van der Waals surface area contributed by atoms with Gasteiger partial charge in [0.25, 0.3) is 0 Å². The SMILES string of the molecule is CCn1nc(C)c(C(=O)c2cc3c(Cl)cccc3o2)c1C. The molecule has 21 heavy (non-hydrogen) atoms. The minimum atomic E-state index is -0.156. The molecule has 0 aliphatic carbocycles. The lowest BCUT2D eigenvalue weighted by Crippen LogP contribution is -2.04. The molecule has 3 aromatic rings. The Kier molecular flexibility index (Phi) is 3.33. The van der Waals surface area contributed by atoms with Gasteiger partial charge in [-0.1, -0.05) is 17.7 Å². The lowest BCUT2D eigenvalue weighted by molar-refractivity contribution is 0.101. The second kappa shape index (κ2) is 5.04. The van der Waals surface area contributed by atoms with E-state index >= 15 is 0 Å². The molecule has 108 valence electrons. The monoisotopic (exact) mass is 302 g/mol. The van der Waals surface area contributed by atoms with Gasteiger partial charge in [0.2, 0.25) is 5.78 Å². The Morgan fingerprint density at radius 1 is 1.38 bits per heavy atom. The van der Waals surface area contributed by atoms with Crippen LogP contribution in [-0.4, -0.2) is 15.6 Å². The largest absolute Gasteiger partial charge is 0.453 e. The molecule has 3 rings (SSSR count). The van der Waals surface area contributed by atoms with Gasteiger partial charge < -0.3 is 4.42 Å². The molecule has 0 fully saturated rings. The number of aromatic nitrogens is 2. The number of furan rings is 1. The molecule has 0 spiro atoms. The normalized spacial score (nSPS) is 11.2. The average molecular weight is 303 g/mol. The van der Waals surface area contributed by atoms with E-state index < -0.39 is 0 Å². The van der Waals surface area contributed by atoms with E-state index in [4.69, 9.17) is 16.0 Å². The van der Waals surface area contributed by atoms with Crippen LogP contribution in [0.15, 0.2) is 28.7 Å². The predicted molar refractivity (Wildman–Crippen MR) is 82.0 cm³/mol. The van der Waals surface area contributed by atoms with Crippen LogP contribution in [0.4, 0.5) is 0 Å². The molecule has 4 nitrogen and oxygen atoms in total. The molecular weight excluding hydrogens is 288 g/mol. The van der Waals surface area contributed by atoms with Crippen molar-refractivity contribution in [2.45, 2.75) is 27.3 Å². The minimum absolute atomic E-state index is 0.156. The smallest absolute Gasteiger partial charge is 0.231 e. The van der Waals surface area contributed by atoms with Gasteiger partial charge in [0.05, 0.1) is 16.3 Å². The average Bonchev–Trinajstić information content (AvgIpc) is 3.01. The number of hydrogen-bond acceptors (Lipinski definition) is 3. The molecule has 0 bridgehead atoms. The molecule has 0 N–H and O–H groups in total. The molecule has 0 amide bonds. The van der Waals surface area contributed by atoms with E-state index in [0.717, 1.165) is 17.6 Å². The van der Waals surface area contributed by atoms with Crippen LogP contribution in [0.2, 0.25) is 5.02 Å². The molecule has 0 aliphatic rings. The Morgan fingerprint density at radius 2 is 2.14 bits per heavy atom. The molecule has 0 saturated heterocycles. The Balaban J connectivity index is 2.13. The van der Waals surface area contributed by atoms with Crippen LogP contribution in [0.1, 0.15) is 34.4 Å². The minimum Gasteiger partial charge on any atom is -0.453 e. The van der Waals surface area contributed by atoms with Crippen molar-refractivity contribution in [1.82, 2.24) is 9.78 Å². The van der Waals surface area contributed by atoms with Gasteiger partial charge in [-0.3, -0.25) is 9.48 Å². The van der Waals surface area contributed by atoms with Crippen molar-refractivity contribution in [3.63, 3.8) is 0 Å². The number of hydrogen-bond donors (Lipinski definition) is 0. The molecule has 1 aromatic carbocycles. The van der Waals surface area contributed by atoms with E-state index in [1.165, 1.54) is 0 Å². The Bertz CT molecular complexity index is 845. The molecule has 0 unspecified atom stereocenters. The maximum atomic E-state index is 12.7. The molecule has 2 heterocycles.